The number of benzene rings is 1. The van der Waals surface area contributed by atoms with Crippen LogP contribution in [0, 0.1) is 0 Å². The predicted octanol–water partition coefficient (Wildman–Crippen LogP) is 1.90. The van der Waals surface area contributed by atoms with E-state index in [2.05, 4.69) is 19.1 Å². The van der Waals surface area contributed by atoms with E-state index in [1.54, 1.807) is 14.2 Å². The van der Waals surface area contributed by atoms with Crippen molar-refractivity contribution < 1.29 is 9.47 Å². The minimum atomic E-state index is -0.128. The Kier molecular flexibility index (Phi) is 4.59. The van der Waals surface area contributed by atoms with Crippen molar-refractivity contribution in [1.29, 1.82) is 0 Å². The zero-order valence-corrected chi connectivity index (χ0v) is 9.62. The smallest absolute Gasteiger partial charge is 0.123 e. The minimum Gasteiger partial charge on any atom is -0.496 e. The van der Waals surface area contributed by atoms with Gasteiger partial charge in [0, 0.05) is 12.7 Å². The van der Waals surface area contributed by atoms with Crippen molar-refractivity contribution in [2.75, 3.05) is 20.8 Å². The molecule has 0 fully saturated rings. The first-order valence-electron chi connectivity index (χ1n) is 5.14. The molecule has 0 radical (unpaired) electrons. The Balaban J connectivity index is 3.00. The Morgan fingerprint density at radius 3 is 2.60 bits per heavy atom. The third-order valence-electron chi connectivity index (χ3n) is 2.45. The lowest BCUT2D eigenvalue weighted by Gasteiger charge is -2.16. The molecule has 1 atom stereocenters. The second-order valence-electron chi connectivity index (χ2n) is 3.49. The molecule has 15 heavy (non-hydrogen) atoms. The molecule has 0 amide bonds. The van der Waals surface area contributed by atoms with Gasteiger partial charge in [-0.05, 0) is 18.1 Å². The second-order valence-corrected chi connectivity index (χ2v) is 3.49. The van der Waals surface area contributed by atoms with E-state index in [9.17, 15) is 0 Å². The molecule has 1 rings (SSSR count). The van der Waals surface area contributed by atoms with Crippen molar-refractivity contribution in [3.63, 3.8) is 0 Å². The Labute approximate surface area is 91.2 Å². The molecule has 3 nitrogen and oxygen atoms in total. The van der Waals surface area contributed by atoms with Gasteiger partial charge in [-0.15, -0.1) is 0 Å². The molecular weight excluding hydrogens is 190 g/mol. The molecule has 0 aromatic heterocycles. The number of methoxy groups -OCH3 is 2. The van der Waals surface area contributed by atoms with Crippen LogP contribution < -0.4 is 10.5 Å². The van der Waals surface area contributed by atoms with Crippen molar-refractivity contribution in [2.45, 2.75) is 19.4 Å². The van der Waals surface area contributed by atoms with E-state index in [1.165, 1.54) is 5.56 Å². The number of aryl methyl sites for hydroxylation is 1. The Morgan fingerprint density at radius 1 is 1.33 bits per heavy atom. The largest absolute Gasteiger partial charge is 0.496 e. The topological polar surface area (TPSA) is 44.5 Å². The van der Waals surface area contributed by atoms with Gasteiger partial charge in [0.25, 0.3) is 0 Å². The molecule has 0 saturated carbocycles. The van der Waals surface area contributed by atoms with Crippen LogP contribution in [-0.4, -0.2) is 20.8 Å². The fourth-order valence-electron chi connectivity index (χ4n) is 1.56. The van der Waals surface area contributed by atoms with Crippen LogP contribution in [0.1, 0.15) is 24.1 Å². The van der Waals surface area contributed by atoms with Gasteiger partial charge >= 0.3 is 0 Å². The summed E-state index contributed by atoms with van der Waals surface area (Å²) in [6.07, 6.45) is 0.997. The first-order valence-corrected chi connectivity index (χ1v) is 5.14. The number of hydrogen-bond donors (Lipinski definition) is 1. The highest BCUT2D eigenvalue weighted by Gasteiger charge is 2.11. The lowest BCUT2D eigenvalue weighted by molar-refractivity contribution is 0.179. The third-order valence-corrected chi connectivity index (χ3v) is 2.45. The average molecular weight is 209 g/mol. The zero-order chi connectivity index (χ0) is 11.3. The van der Waals surface area contributed by atoms with Gasteiger partial charge in [0.05, 0.1) is 19.8 Å². The van der Waals surface area contributed by atoms with E-state index >= 15 is 0 Å². The normalized spacial score (nSPS) is 12.5. The monoisotopic (exact) mass is 209 g/mol. The molecule has 1 aromatic rings. The molecule has 2 N–H and O–H groups in total. The first-order chi connectivity index (χ1) is 7.22. The van der Waals surface area contributed by atoms with Crippen LogP contribution in [0.2, 0.25) is 0 Å². The third kappa shape index (κ3) is 2.94. The zero-order valence-electron chi connectivity index (χ0n) is 9.62. The Bertz CT molecular complexity index is 312. The van der Waals surface area contributed by atoms with Crippen LogP contribution in [0.25, 0.3) is 0 Å². The highest BCUT2D eigenvalue weighted by atomic mass is 16.5. The molecule has 0 aliphatic heterocycles. The van der Waals surface area contributed by atoms with Crippen molar-refractivity contribution >= 4 is 0 Å². The highest BCUT2D eigenvalue weighted by molar-refractivity contribution is 5.39. The molecule has 0 bridgehead atoms. The van der Waals surface area contributed by atoms with Gasteiger partial charge in [-0.2, -0.15) is 0 Å². The molecule has 1 aromatic carbocycles. The van der Waals surface area contributed by atoms with Crippen molar-refractivity contribution in [3.8, 4) is 5.75 Å². The van der Waals surface area contributed by atoms with E-state index in [0.29, 0.717) is 6.61 Å². The summed E-state index contributed by atoms with van der Waals surface area (Å²) in [4.78, 5) is 0. The molecule has 84 valence electrons. The standard InChI is InChI=1S/C12H19NO2/c1-4-9-5-6-12(15-3)10(7-9)11(13)8-14-2/h5-7,11H,4,8,13H2,1-3H3. The van der Waals surface area contributed by atoms with Crippen LogP contribution in [0.3, 0.4) is 0 Å². The number of rotatable bonds is 5. The summed E-state index contributed by atoms with van der Waals surface area (Å²) in [6.45, 7) is 2.62. The van der Waals surface area contributed by atoms with Gasteiger partial charge in [0.15, 0.2) is 0 Å². The number of nitrogens with two attached hydrogens (primary N) is 1. The lowest BCUT2D eigenvalue weighted by atomic mass is 10.0. The summed E-state index contributed by atoms with van der Waals surface area (Å²) in [5, 5.41) is 0. The molecule has 0 heterocycles. The van der Waals surface area contributed by atoms with E-state index in [4.69, 9.17) is 15.2 Å². The van der Waals surface area contributed by atoms with Crippen LogP contribution in [0.5, 0.6) is 5.75 Å². The maximum absolute atomic E-state index is 6.00. The lowest BCUT2D eigenvalue weighted by Crippen LogP contribution is -2.17. The summed E-state index contributed by atoms with van der Waals surface area (Å²) >= 11 is 0. The molecule has 0 aliphatic rings. The highest BCUT2D eigenvalue weighted by Crippen LogP contribution is 2.25. The minimum absolute atomic E-state index is 0.128. The summed E-state index contributed by atoms with van der Waals surface area (Å²) < 4.78 is 10.3. The SMILES string of the molecule is CCc1ccc(OC)c(C(N)COC)c1. The number of ether oxygens (including phenoxy) is 2. The Hall–Kier alpha value is -1.06. The van der Waals surface area contributed by atoms with Gasteiger partial charge in [-0.3, -0.25) is 0 Å². The molecule has 0 saturated heterocycles. The van der Waals surface area contributed by atoms with Crippen molar-refractivity contribution in [2.24, 2.45) is 5.73 Å². The van der Waals surface area contributed by atoms with Crippen LogP contribution >= 0.6 is 0 Å². The van der Waals surface area contributed by atoms with Gasteiger partial charge in [-0.25, -0.2) is 0 Å². The molecule has 0 spiro atoms. The van der Waals surface area contributed by atoms with Crippen LogP contribution in [0.4, 0.5) is 0 Å². The Morgan fingerprint density at radius 2 is 2.07 bits per heavy atom. The van der Waals surface area contributed by atoms with E-state index in [1.807, 2.05) is 6.07 Å². The fourth-order valence-corrected chi connectivity index (χ4v) is 1.56. The number of hydrogen-bond acceptors (Lipinski definition) is 3. The van der Waals surface area contributed by atoms with Crippen LogP contribution in [0.15, 0.2) is 18.2 Å². The second kappa shape index (κ2) is 5.73. The predicted molar refractivity (Wildman–Crippen MR) is 61.2 cm³/mol. The van der Waals surface area contributed by atoms with Gasteiger partial charge in [0.1, 0.15) is 5.75 Å². The van der Waals surface area contributed by atoms with E-state index in [-0.39, 0.29) is 6.04 Å². The molecular formula is C12H19NO2. The summed E-state index contributed by atoms with van der Waals surface area (Å²) in [7, 11) is 3.31. The maximum atomic E-state index is 6.00. The average Bonchev–Trinajstić information content (AvgIpc) is 2.28. The van der Waals surface area contributed by atoms with Gasteiger partial charge in [-0.1, -0.05) is 19.1 Å². The van der Waals surface area contributed by atoms with E-state index < -0.39 is 0 Å². The quantitative estimate of drug-likeness (QED) is 0.805. The molecule has 0 aliphatic carbocycles. The first kappa shape index (κ1) is 12.0. The van der Waals surface area contributed by atoms with Crippen molar-refractivity contribution in [1.82, 2.24) is 0 Å². The summed E-state index contributed by atoms with van der Waals surface area (Å²) in [5.74, 6) is 0.830. The van der Waals surface area contributed by atoms with Crippen LogP contribution in [-0.2, 0) is 11.2 Å². The van der Waals surface area contributed by atoms with E-state index in [0.717, 1.165) is 17.7 Å². The van der Waals surface area contributed by atoms with Crippen molar-refractivity contribution in [3.05, 3.63) is 29.3 Å². The molecule has 1 unspecified atom stereocenters. The maximum Gasteiger partial charge on any atom is 0.123 e. The summed E-state index contributed by atoms with van der Waals surface area (Å²) in [6, 6.07) is 5.98. The summed E-state index contributed by atoms with van der Waals surface area (Å²) in [5.41, 5.74) is 8.27. The van der Waals surface area contributed by atoms with Gasteiger partial charge < -0.3 is 15.2 Å². The molecule has 3 heteroatoms. The van der Waals surface area contributed by atoms with Gasteiger partial charge in [0.2, 0.25) is 0 Å². The fraction of sp³-hybridized carbons (Fsp3) is 0.500.